The second-order valence-corrected chi connectivity index (χ2v) is 5.31. The zero-order valence-corrected chi connectivity index (χ0v) is 11.3. The summed E-state index contributed by atoms with van der Waals surface area (Å²) in [5.74, 6) is 0.855. The lowest BCUT2D eigenvalue weighted by Crippen LogP contribution is -2.02. The standard InChI is InChI=1S/C14H11N5S/c1-2-5-19-8-10(18-12(19)3-1)7-15-13-11-4-6-20-14(11)17-9-16-13/h1-6,8-9H,7H2,(H,15,16,17). The van der Waals surface area contributed by atoms with Crippen molar-refractivity contribution in [3.8, 4) is 0 Å². The monoisotopic (exact) mass is 281 g/mol. The average Bonchev–Trinajstić information content (AvgIpc) is 3.11. The summed E-state index contributed by atoms with van der Waals surface area (Å²) in [4.78, 5) is 14.1. The summed E-state index contributed by atoms with van der Waals surface area (Å²) in [5.41, 5.74) is 1.94. The Kier molecular flexibility index (Phi) is 2.60. The van der Waals surface area contributed by atoms with Crippen LogP contribution in [0.1, 0.15) is 5.69 Å². The van der Waals surface area contributed by atoms with Gasteiger partial charge in [0.2, 0.25) is 0 Å². The Bertz CT molecular complexity index is 846. The van der Waals surface area contributed by atoms with Crippen molar-refractivity contribution in [1.29, 1.82) is 0 Å². The zero-order valence-electron chi connectivity index (χ0n) is 10.5. The van der Waals surface area contributed by atoms with Crippen LogP contribution in [0.25, 0.3) is 15.9 Å². The third-order valence-corrected chi connectivity index (χ3v) is 3.93. The van der Waals surface area contributed by atoms with Crippen molar-refractivity contribution in [2.45, 2.75) is 6.54 Å². The van der Waals surface area contributed by atoms with E-state index in [9.17, 15) is 0 Å². The third-order valence-electron chi connectivity index (χ3n) is 3.11. The number of aromatic nitrogens is 4. The number of hydrogen-bond donors (Lipinski definition) is 1. The minimum absolute atomic E-state index is 0.642. The van der Waals surface area contributed by atoms with E-state index in [0.717, 1.165) is 27.4 Å². The van der Waals surface area contributed by atoms with Crippen LogP contribution in [-0.2, 0) is 6.54 Å². The van der Waals surface area contributed by atoms with Crippen LogP contribution in [0.15, 0.2) is 48.4 Å². The van der Waals surface area contributed by atoms with Gasteiger partial charge in [0.15, 0.2) is 0 Å². The molecule has 4 aromatic rings. The number of nitrogens with one attached hydrogen (secondary N) is 1. The van der Waals surface area contributed by atoms with E-state index >= 15 is 0 Å². The molecule has 0 aliphatic heterocycles. The summed E-state index contributed by atoms with van der Waals surface area (Å²) in [6.07, 6.45) is 5.60. The number of pyridine rings is 1. The van der Waals surface area contributed by atoms with Crippen molar-refractivity contribution < 1.29 is 0 Å². The number of imidazole rings is 1. The molecule has 0 aliphatic rings. The fourth-order valence-electron chi connectivity index (χ4n) is 2.18. The highest BCUT2D eigenvalue weighted by Crippen LogP contribution is 2.23. The lowest BCUT2D eigenvalue weighted by atomic mass is 10.3. The minimum atomic E-state index is 0.642. The normalized spacial score (nSPS) is 11.2. The van der Waals surface area contributed by atoms with Crippen LogP contribution in [0.5, 0.6) is 0 Å². The molecule has 0 saturated heterocycles. The van der Waals surface area contributed by atoms with Gasteiger partial charge in [0.05, 0.1) is 17.6 Å². The number of nitrogens with zero attached hydrogens (tertiary/aromatic N) is 4. The Balaban J connectivity index is 1.62. The second kappa shape index (κ2) is 4.57. The van der Waals surface area contributed by atoms with Crippen LogP contribution in [-0.4, -0.2) is 19.4 Å². The molecule has 0 unspecified atom stereocenters. The summed E-state index contributed by atoms with van der Waals surface area (Å²) in [5, 5.41) is 6.41. The molecule has 6 heteroatoms. The molecule has 0 aromatic carbocycles. The van der Waals surface area contributed by atoms with Gasteiger partial charge in [-0.2, -0.15) is 0 Å². The van der Waals surface area contributed by atoms with E-state index < -0.39 is 0 Å². The summed E-state index contributed by atoms with van der Waals surface area (Å²) in [7, 11) is 0. The molecular formula is C14H11N5S. The Morgan fingerprint density at radius 3 is 3.15 bits per heavy atom. The molecule has 4 aromatic heterocycles. The van der Waals surface area contributed by atoms with Gasteiger partial charge in [0.1, 0.15) is 22.6 Å². The van der Waals surface area contributed by atoms with Crippen LogP contribution >= 0.6 is 11.3 Å². The first-order chi connectivity index (χ1) is 9.90. The first-order valence-electron chi connectivity index (χ1n) is 6.25. The Morgan fingerprint density at radius 1 is 1.20 bits per heavy atom. The molecule has 4 heterocycles. The summed E-state index contributed by atoms with van der Waals surface area (Å²) in [6.45, 7) is 0.642. The Labute approximate surface area is 119 Å². The Hall–Kier alpha value is -2.47. The van der Waals surface area contributed by atoms with Gasteiger partial charge < -0.3 is 9.72 Å². The van der Waals surface area contributed by atoms with Crippen LogP contribution in [0.2, 0.25) is 0 Å². The van der Waals surface area contributed by atoms with Crippen molar-refractivity contribution in [3.05, 3.63) is 54.1 Å². The van der Waals surface area contributed by atoms with Gasteiger partial charge in [-0.3, -0.25) is 0 Å². The van der Waals surface area contributed by atoms with E-state index in [-0.39, 0.29) is 0 Å². The predicted molar refractivity (Wildman–Crippen MR) is 79.9 cm³/mol. The number of rotatable bonds is 3. The molecule has 0 radical (unpaired) electrons. The van der Waals surface area contributed by atoms with E-state index in [4.69, 9.17) is 0 Å². The van der Waals surface area contributed by atoms with E-state index in [1.165, 1.54) is 0 Å². The zero-order chi connectivity index (χ0) is 13.4. The second-order valence-electron chi connectivity index (χ2n) is 4.41. The predicted octanol–water partition coefficient (Wildman–Crippen LogP) is 2.95. The third kappa shape index (κ3) is 1.90. The molecule has 98 valence electrons. The molecule has 4 rings (SSSR count). The van der Waals surface area contributed by atoms with E-state index in [1.54, 1.807) is 17.7 Å². The van der Waals surface area contributed by atoms with Crippen LogP contribution in [0, 0.1) is 0 Å². The molecule has 0 bridgehead atoms. The number of thiophene rings is 1. The minimum Gasteiger partial charge on any atom is -0.364 e. The maximum Gasteiger partial charge on any atom is 0.138 e. The molecule has 0 aliphatic carbocycles. The van der Waals surface area contributed by atoms with Crippen molar-refractivity contribution in [2.24, 2.45) is 0 Å². The van der Waals surface area contributed by atoms with Gasteiger partial charge in [-0.05, 0) is 23.6 Å². The molecule has 0 saturated carbocycles. The van der Waals surface area contributed by atoms with Gasteiger partial charge in [-0.15, -0.1) is 11.3 Å². The van der Waals surface area contributed by atoms with Crippen molar-refractivity contribution in [2.75, 3.05) is 5.32 Å². The van der Waals surface area contributed by atoms with Gasteiger partial charge in [0, 0.05) is 12.4 Å². The van der Waals surface area contributed by atoms with Gasteiger partial charge in [0.25, 0.3) is 0 Å². The molecule has 0 fully saturated rings. The molecule has 0 spiro atoms. The van der Waals surface area contributed by atoms with Crippen LogP contribution < -0.4 is 5.32 Å². The molecule has 0 atom stereocenters. The first kappa shape index (κ1) is 11.4. The van der Waals surface area contributed by atoms with Gasteiger partial charge in [-0.1, -0.05) is 6.07 Å². The fraction of sp³-hybridized carbons (Fsp3) is 0.0714. The SMILES string of the molecule is c1ccn2cc(CNc3ncnc4sccc34)nc2c1. The Morgan fingerprint density at radius 2 is 2.20 bits per heavy atom. The smallest absolute Gasteiger partial charge is 0.138 e. The van der Waals surface area contributed by atoms with Crippen molar-refractivity contribution in [3.63, 3.8) is 0 Å². The molecule has 5 nitrogen and oxygen atoms in total. The number of fused-ring (bicyclic) bond motifs is 2. The highest BCUT2D eigenvalue weighted by Gasteiger charge is 2.05. The summed E-state index contributed by atoms with van der Waals surface area (Å²) >= 11 is 1.62. The van der Waals surface area contributed by atoms with Crippen LogP contribution in [0.4, 0.5) is 5.82 Å². The molecule has 1 N–H and O–H groups in total. The fourth-order valence-corrected chi connectivity index (χ4v) is 2.91. The van der Waals surface area contributed by atoms with E-state index in [2.05, 4.69) is 20.3 Å². The molecule has 0 amide bonds. The maximum atomic E-state index is 4.56. The van der Waals surface area contributed by atoms with Crippen molar-refractivity contribution in [1.82, 2.24) is 19.4 Å². The van der Waals surface area contributed by atoms with Crippen LogP contribution in [0.3, 0.4) is 0 Å². The topological polar surface area (TPSA) is 55.1 Å². The molecular weight excluding hydrogens is 270 g/mol. The largest absolute Gasteiger partial charge is 0.364 e. The summed E-state index contributed by atoms with van der Waals surface area (Å²) in [6, 6.07) is 8.00. The number of hydrogen-bond acceptors (Lipinski definition) is 5. The van der Waals surface area contributed by atoms with Gasteiger partial charge in [-0.25, -0.2) is 15.0 Å². The van der Waals surface area contributed by atoms with E-state index in [0.29, 0.717) is 6.54 Å². The first-order valence-corrected chi connectivity index (χ1v) is 7.13. The van der Waals surface area contributed by atoms with Crippen molar-refractivity contribution >= 4 is 33.0 Å². The highest BCUT2D eigenvalue weighted by atomic mass is 32.1. The van der Waals surface area contributed by atoms with E-state index in [1.807, 2.05) is 46.4 Å². The quantitative estimate of drug-likeness (QED) is 0.627. The van der Waals surface area contributed by atoms with Gasteiger partial charge >= 0.3 is 0 Å². The highest BCUT2D eigenvalue weighted by molar-refractivity contribution is 7.16. The lowest BCUT2D eigenvalue weighted by Gasteiger charge is -2.03. The average molecular weight is 281 g/mol. The lowest BCUT2D eigenvalue weighted by molar-refractivity contribution is 1.06. The maximum absolute atomic E-state index is 4.56. The molecule has 20 heavy (non-hydrogen) atoms. The number of anilines is 1. The summed E-state index contributed by atoms with van der Waals surface area (Å²) < 4.78 is 2.01.